The van der Waals surface area contributed by atoms with Crippen molar-refractivity contribution in [2.75, 3.05) is 13.2 Å². The van der Waals surface area contributed by atoms with Gasteiger partial charge in [-0.15, -0.1) is 0 Å². The summed E-state index contributed by atoms with van der Waals surface area (Å²) in [4.78, 5) is 0. The Morgan fingerprint density at radius 2 is 2.33 bits per heavy atom. The zero-order valence-electron chi connectivity index (χ0n) is 6.00. The van der Waals surface area contributed by atoms with Gasteiger partial charge in [-0.3, -0.25) is 0 Å². The van der Waals surface area contributed by atoms with Crippen LogP contribution in [0, 0.1) is 0 Å². The standard InChI is InChI=1S/C7H14O2/c1-3-4-5-9-7(2)6-8/h3-4,7-8H,5-6H2,1-2H3. The van der Waals surface area contributed by atoms with Gasteiger partial charge in [0.2, 0.25) is 0 Å². The molecule has 0 heterocycles. The highest BCUT2D eigenvalue weighted by Crippen LogP contribution is 1.87. The Kier molecular flexibility index (Phi) is 5.57. The zero-order valence-corrected chi connectivity index (χ0v) is 6.00. The summed E-state index contributed by atoms with van der Waals surface area (Å²) in [5, 5.41) is 8.49. The second-order valence-corrected chi connectivity index (χ2v) is 1.90. The van der Waals surface area contributed by atoms with Crippen molar-refractivity contribution in [1.82, 2.24) is 0 Å². The second-order valence-electron chi connectivity index (χ2n) is 1.90. The third-order valence-electron chi connectivity index (χ3n) is 0.970. The molecule has 0 spiro atoms. The maximum absolute atomic E-state index is 8.49. The van der Waals surface area contributed by atoms with E-state index in [4.69, 9.17) is 9.84 Å². The summed E-state index contributed by atoms with van der Waals surface area (Å²) in [6.07, 6.45) is 3.79. The van der Waals surface area contributed by atoms with E-state index in [2.05, 4.69) is 0 Å². The Morgan fingerprint density at radius 3 is 2.78 bits per heavy atom. The fourth-order valence-electron chi connectivity index (χ4n) is 0.369. The van der Waals surface area contributed by atoms with Crippen LogP contribution in [-0.4, -0.2) is 24.4 Å². The van der Waals surface area contributed by atoms with Gasteiger partial charge in [0.1, 0.15) is 0 Å². The lowest BCUT2D eigenvalue weighted by Crippen LogP contribution is -2.12. The molecule has 0 aliphatic carbocycles. The quantitative estimate of drug-likeness (QED) is 0.574. The van der Waals surface area contributed by atoms with Crippen LogP contribution < -0.4 is 0 Å². The van der Waals surface area contributed by atoms with Crippen LogP contribution in [0.4, 0.5) is 0 Å². The lowest BCUT2D eigenvalue weighted by molar-refractivity contribution is 0.0411. The van der Waals surface area contributed by atoms with Gasteiger partial charge in [-0.05, 0) is 13.8 Å². The van der Waals surface area contributed by atoms with Crippen LogP contribution in [0.5, 0.6) is 0 Å². The van der Waals surface area contributed by atoms with E-state index >= 15 is 0 Å². The first-order chi connectivity index (χ1) is 4.31. The van der Waals surface area contributed by atoms with Crippen LogP contribution in [0.3, 0.4) is 0 Å². The molecule has 0 aromatic rings. The van der Waals surface area contributed by atoms with E-state index in [0.29, 0.717) is 6.61 Å². The number of aliphatic hydroxyl groups is 1. The molecule has 1 N–H and O–H groups in total. The largest absolute Gasteiger partial charge is 0.394 e. The summed E-state index contributed by atoms with van der Waals surface area (Å²) in [5.74, 6) is 0. The van der Waals surface area contributed by atoms with Crippen molar-refractivity contribution in [3.63, 3.8) is 0 Å². The molecule has 54 valence electrons. The number of rotatable bonds is 4. The molecule has 0 aliphatic rings. The van der Waals surface area contributed by atoms with Crippen molar-refractivity contribution in [3.05, 3.63) is 12.2 Å². The lowest BCUT2D eigenvalue weighted by atomic mass is 10.4. The van der Waals surface area contributed by atoms with Gasteiger partial charge in [0.25, 0.3) is 0 Å². The van der Waals surface area contributed by atoms with E-state index in [-0.39, 0.29) is 12.7 Å². The number of hydrogen-bond donors (Lipinski definition) is 1. The van der Waals surface area contributed by atoms with Gasteiger partial charge in [-0.1, -0.05) is 12.2 Å². The van der Waals surface area contributed by atoms with Gasteiger partial charge >= 0.3 is 0 Å². The molecule has 0 fully saturated rings. The van der Waals surface area contributed by atoms with E-state index in [1.807, 2.05) is 26.0 Å². The number of aliphatic hydroxyl groups excluding tert-OH is 1. The Bertz CT molecular complexity index is 79.0. The highest BCUT2D eigenvalue weighted by Gasteiger charge is 1.94. The molecule has 0 aromatic heterocycles. The van der Waals surface area contributed by atoms with Crippen molar-refractivity contribution in [2.45, 2.75) is 20.0 Å². The topological polar surface area (TPSA) is 29.5 Å². The van der Waals surface area contributed by atoms with Crippen molar-refractivity contribution in [3.8, 4) is 0 Å². The Labute approximate surface area is 56.1 Å². The first-order valence-corrected chi connectivity index (χ1v) is 3.15. The molecule has 0 aromatic carbocycles. The summed E-state index contributed by atoms with van der Waals surface area (Å²) in [6.45, 7) is 4.46. The monoisotopic (exact) mass is 130 g/mol. The number of hydrogen-bond acceptors (Lipinski definition) is 2. The zero-order chi connectivity index (χ0) is 7.11. The van der Waals surface area contributed by atoms with Crippen LogP contribution in [-0.2, 0) is 4.74 Å². The molecule has 0 radical (unpaired) electrons. The Balaban J connectivity index is 3.06. The first kappa shape index (κ1) is 8.66. The first-order valence-electron chi connectivity index (χ1n) is 3.15. The average molecular weight is 130 g/mol. The minimum Gasteiger partial charge on any atom is -0.394 e. The lowest BCUT2D eigenvalue weighted by Gasteiger charge is -2.05. The predicted molar refractivity (Wildman–Crippen MR) is 37.3 cm³/mol. The summed E-state index contributed by atoms with van der Waals surface area (Å²) in [5.41, 5.74) is 0. The van der Waals surface area contributed by atoms with E-state index in [0.717, 1.165) is 0 Å². The molecule has 0 bridgehead atoms. The average Bonchev–Trinajstić information content (AvgIpc) is 1.89. The highest BCUT2D eigenvalue weighted by atomic mass is 16.5. The molecule has 0 amide bonds. The van der Waals surface area contributed by atoms with Gasteiger partial charge in [-0.25, -0.2) is 0 Å². The maximum Gasteiger partial charge on any atom is 0.0781 e. The Hall–Kier alpha value is -0.340. The van der Waals surface area contributed by atoms with E-state index in [1.54, 1.807) is 0 Å². The van der Waals surface area contributed by atoms with Crippen LogP contribution in [0.15, 0.2) is 12.2 Å². The maximum atomic E-state index is 8.49. The van der Waals surface area contributed by atoms with Gasteiger partial charge < -0.3 is 9.84 Å². The van der Waals surface area contributed by atoms with E-state index < -0.39 is 0 Å². The van der Waals surface area contributed by atoms with Crippen LogP contribution in [0.1, 0.15) is 13.8 Å². The van der Waals surface area contributed by atoms with E-state index in [1.165, 1.54) is 0 Å². The summed E-state index contributed by atoms with van der Waals surface area (Å²) >= 11 is 0. The predicted octanol–water partition coefficient (Wildman–Crippen LogP) is 0.960. The van der Waals surface area contributed by atoms with Crippen molar-refractivity contribution >= 4 is 0 Å². The highest BCUT2D eigenvalue weighted by molar-refractivity contribution is 4.76. The second kappa shape index (κ2) is 5.79. The van der Waals surface area contributed by atoms with E-state index in [9.17, 15) is 0 Å². The molecule has 0 saturated carbocycles. The van der Waals surface area contributed by atoms with Gasteiger partial charge in [-0.2, -0.15) is 0 Å². The van der Waals surface area contributed by atoms with Crippen LogP contribution in [0.2, 0.25) is 0 Å². The summed E-state index contributed by atoms with van der Waals surface area (Å²) < 4.78 is 5.09. The molecule has 2 nitrogen and oxygen atoms in total. The summed E-state index contributed by atoms with van der Waals surface area (Å²) in [6, 6.07) is 0. The molecular formula is C7H14O2. The summed E-state index contributed by atoms with van der Waals surface area (Å²) in [7, 11) is 0. The molecule has 9 heavy (non-hydrogen) atoms. The van der Waals surface area contributed by atoms with Gasteiger partial charge in [0.15, 0.2) is 0 Å². The Morgan fingerprint density at radius 1 is 1.67 bits per heavy atom. The van der Waals surface area contributed by atoms with Crippen molar-refractivity contribution in [1.29, 1.82) is 0 Å². The molecule has 0 rings (SSSR count). The fraction of sp³-hybridized carbons (Fsp3) is 0.714. The molecule has 1 unspecified atom stereocenters. The minimum atomic E-state index is -0.0406. The molecule has 1 atom stereocenters. The van der Waals surface area contributed by atoms with Crippen molar-refractivity contribution in [2.24, 2.45) is 0 Å². The fourth-order valence-corrected chi connectivity index (χ4v) is 0.369. The third kappa shape index (κ3) is 5.53. The van der Waals surface area contributed by atoms with Crippen LogP contribution in [0.25, 0.3) is 0 Å². The van der Waals surface area contributed by atoms with Crippen LogP contribution >= 0.6 is 0 Å². The molecular weight excluding hydrogens is 116 g/mol. The van der Waals surface area contributed by atoms with Crippen molar-refractivity contribution < 1.29 is 9.84 Å². The third-order valence-corrected chi connectivity index (χ3v) is 0.970. The SMILES string of the molecule is CC=CCOC(C)CO. The molecule has 0 saturated heterocycles. The smallest absolute Gasteiger partial charge is 0.0781 e. The van der Waals surface area contributed by atoms with Gasteiger partial charge in [0.05, 0.1) is 19.3 Å². The number of allylic oxidation sites excluding steroid dienone is 1. The normalized spacial score (nSPS) is 14.6. The number of ether oxygens (including phenoxy) is 1. The van der Waals surface area contributed by atoms with Gasteiger partial charge in [0, 0.05) is 0 Å². The molecule has 0 aliphatic heterocycles. The minimum absolute atomic E-state index is 0.0406. The molecule has 2 heteroatoms.